The number of hydrogen-bond donors (Lipinski definition) is 0. The predicted octanol–water partition coefficient (Wildman–Crippen LogP) is 3.10. The average Bonchev–Trinajstić information content (AvgIpc) is 1.99. The van der Waals surface area contributed by atoms with Crippen molar-refractivity contribution in [2.24, 2.45) is 0 Å². The van der Waals surface area contributed by atoms with Crippen LogP contribution in [0.4, 0.5) is 0 Å². The molecule has 0 spiro atoms. The maximum atomic E-state index is 2.59. The molecule has 0 saturated carbocycles. The van der Waals surface area contributed by atoms with Crippen LogP contribution in [0.3, 0.4) is 0 Å². The van der Waals surface area contributed by atoms with E-state index in [2.05, 4.69) is 26.4 Å². The highest BCUT2D eigenvalue weighted by Gasteiger charge is 1.89. The van der Waals surface area contributed by atoms with Crippen LogP contribution in [0, 0.1) is 0 Å². The first-order chi connectivity index (χ1) is 4.85. The van der Waals surface area contributed by atoms with Gasteiger partial charge in [0.15, 0.2) is 0 Å². The lowest BCUT2D eigenvalue weighted by atomic mass is 10.3. The van der Waals surface area contributed by atoms with Gasteiger partial charge in [-0.05, 0) is 18.5 Å². The summed E-state index contributed by atoms with van der Waals surface area (Å²) in [6.07, 6.45) is 4.11. The van der Waals surface area contributed by atoms with Gasteiger partial charge in [0.2, 0.25) is 0 Å². The van der Waals surface area contributed by atoms with Crippen LogP contribution in [0.15, 0.2) is 0 Å². The molecule has 0 heterocycles. The van der Waals surface area contributed by atoms with E-state index in [0.717, 1.165) is 0 Å². The molecular weight excluding hydrogens is 136 g/mol. The minimum Gasteiger partial charge on any atom is -0.104 e. The van der Waals surface area contributed by atoms with Gasteiger partial charge in [-0.3, -0.25) is 0 Å². The lowest BCUT2D eigenvalue weighted by Gasteiger charge is -1.96. The van der Waals surface area contributed by atoms with Crippen molar-refractivity contribution >= 4 is 14.1 Å². The number of unbranched alkanes of at least 4 members (excludes halogenated alkanes) is 2. The molecule has 0 N–H and O–H groups in total. The van der Waals surface area contributed by atoms with Gasteiger partial charge in [0.1, 0.15) is 0 Å². The summed E-state index contributed by atoms with van der Waals surface area (Å²) in [5.74, 6) is 0. The molecule has 0 rings (SSSR count). The second-order valence-corrected chi connectivity index (χ2v) is 5.85. The van der Waals surface area contributed by atoms with E-state index < -0.39 is 0 Å². The molecule has 0 aromatic heterocycles. The van der Waals surface area contributed by atoms with E-state index >= 15 is 0 Å². The second kappa shape index (κ2) is 7.20. The lowest BCUT2D eigenvalue weighted by Crippen LogP contribution is -2.00. The van der Waals surface area contributed by atoms with E-state index in [9.17, 15) is 0 Å². The second-order valence-electron chi connectivity index (χ2n) is 2.71. The predicted molar refractivity (Wildman–Crippen MR) is 52.3 cm³/mol. The topological polar surface area (TPSA) is 0 Å². The Kier molecular flexibility index (Phi) is 7.26. The summed E-state index contributed by atoms with van der Waals surface area (Å²) in [5, 5.41) is 0. The van der Waals surface area contributed by atoms with Gasteiger partial charge in [0, 0.05) is 8.41 Å². The van der Waals surface area contributed by atoms with Crippen LogP contribution >= 0.6 is 0 Å². The van der Waals surface area contributed by atoms with Crippen molar-refractivity contribution in [1.29, 1.82) is 0 Å². The Bertz CT molecular complexity index is 88.9. The Morgan fingerprint density at radius 3 is 2.10 bits per heavy atom. The van der Waals surface area contributed by atoms with Crippen LogP contribution in [-0.2, 0) is 0 Å². The quantitative estimate of drug-likeness (QED) is 0.424. The Hall–Kier alpha value is 0.0869. The molecule has 10 heavy (non-hydrogen) atoms. The van der Waals surface area contributed by atoms with Gasteiger partial charge in [-0.2, -0.15) is 0 Å². The van der Waals surface area contributed by atoms with Crippen molar-refractivity contribution in [3.63, 3.8) is 0 Å². The van der Waals surface area contributed by atoms with Crippen LogP contribution in [0.5, 0.6) is 0 Å². The number of hydrogen-bond acceptors (Lipinski definition) is 0. The van der Waals surface area contributed by atoms with Crippen LogP contribution in [-0.4, -0.2) is 14.1 Å². The zero-order valence-corrected chi connectivity index (χ0v) is 8.61. The molecule has 0 aromatic rings. The molecule has 0 aromatic carbocycles. The highest BCUT2D eigenvalue weighted by atomic mass is 28.2. The fourth-order valence-electron chi connectivity index (χ4n) is 1.05. The van der Waals surface area contributed by atoms with Crippen molar-refractivity contribution in [2.45, 2.75) is 52.1 Å². The molecule has 0 aliphatic carbocycles. The van der Waals surface area contributed by atoms with Gasteiger partial charge in [-0.25, -0.2) is 0 Å². The van der Waals surface area contributed by atoms with E-state index in [-0.39, 0.29) is 8.41 Å². The molecule has 1 heteroatoms. The Balaban J connectivity index is 3.43. The molecular formula is C9H20Si. The molecule has 0 saturated heterocycles. The SMILES string of the molecule is CCCCC=[Si](CC)CC. The summed E-state index contributed by atoms with van der Waals surface area (Å²) in [4.78, 5) is 0. The maximum absolute atomic E-state index is 2.59. The molecule has 0 fully saturated rings. The molecule has 0 amide bonds. The van der Waals surface area contributed by atoms with Crippen LogP contribution < -0.4 is 0 Å². The summed E-state index contributed by atoms with van der Waals surface area (Å²) in [7, 11) is -0.0208. The first-order valence-corrected chi connectivity index (χ1v) is 6.52. The minimum absolute atomic E-state index is 0.0208. The summed E-state index contributed by atoms with van der Waals surface area (Å²) in [6.45, 7) is 6.90. The Labute approximate surface area is 66.9 Å². The molecule has 60 valence electrons. The van der Waals surface area contributed by atoms with E-state index in [4.69, 9.17) is 0 Å². The third-order valence-electron chi connectivity index (χ3n) is 1.90. The monoisotopic (exact) mass is 156 g/mol. The molecule has 0 aliphatic rings. The molecule has 0 unspecified atom stereocenters. The summed E-state index contributed by atoms with van der Waals surface area (Å²) in [5.41, 5.74) is 2.59. The van der Waals surface area contributed by atoms with Crippen LogP contribution in [0.2, 0.25) is 12.1 Å². The van der Waals surface area contributed by atoms with Crippen LogP contribution in [0.1, 0.15) is 40.0 Å². The molecule has 0 nitrogen and oxygen atoms in total. The van der Waals surface area contributed by atoms with Gasteiger partial charge in [0.05, 0.1) is 0 Å². The molecule has 0 bridgehead atoms. The van der Waals surface area contributed by atoms with Crippen molar-refractivity contribution in [3.8, 4) is 0 Å². The van der Waals surface area contributed by atoms with E-state index in [1.165, 1.54) is 31.4 Å². The highest BCUT2D eigenvalue weighted by Crippen LogP contribution is 1.93. The van der Waals surface area contributed by atoms with Crippen molar-refractivity contribution < 1.29 is 0 Å². The zero-order valence-electron chi connectivity index (χ0n) is 7.61. The van der Waals surface area contributed by atoms with Gasteiger partial charge in [-0.15, -0.1) is 5.67 Å². The standard InChI is InChI=1S/C9H20Si/c1-4-7-8-9-10(5-2)6-3/h9H,4-8H2,1-3H3. The zero-order chi connectivity index (χ0) is 7.82. The maximum Gasteiger partial charge on any atom is 0.00476 e. The summed E-state index contributed by atoms with van der Waals surface area (Å²) < 4.78 is 0. The summed E-state index contributed by atoms with van der Waals surface area (Å²) in [6, 6.07) is 2.84. The van der Waals surface area contributed by atoms with Crippen LogP contribution in [0.25, 0.3) is 0 Å². The average molecular weight is 156 g/mol. The van der Waals surface area contributed by atoms with E-state index in [1.807, 2.05) is 0 Å². The number of rotatable bonds is 5. The van der Waals surface area contributed by atoms with Gasteiger partial charge < -0.3 is 0 Å². The lowest BCUT2D eigenvalue weighted by molar-refractivity contribution is 0.846. The van der Waals surface area contributed by atoms with Gasteiger partial charge >= 0.3 is 0 Å². The largest absolute Gasteiger partial charge is 0.104 e. The third kappa shape index (κ3) is 4.92. The van der Waals surface area contributed by atoms with Gasteiger partial charge in [-0.1, -0.05) is 33.6 Å². The Morgan fingerprint density at radius 1 is 1.10 bits per heavy atom. The Morgan fingerprint density at radius 2 is 1.70 bits per heavy atom. The van der Waals surface area contributed by atoms with Crippen molar-refractivity contribution in [3.05, 3.63) is 0 Å². The smallest absolute Gasteiger partial charge is 0.00476 e. The van der Waals surface area contributed by atoms with Gasteiger partial charge in [0.25, 0.3) is 0 Å². The van der Waals surface area contributed by atoms with E-state index in [0.29, 0.717) is 0 Å². The highest BCUT2D eigenvalue weighted by molar-refractivity contribution is 6.65. The fraction of sp³-hybridized carbons (Fsp3) is 0.889. The fourth-order valence-corrected chi connectivity index (χ4v) is 2.74. The molecule has 0 radical (unpaired) electrons. The van der Waals surface area contributed by atoms with Crippen molar-refractivity contribution in [2.75, 3.05) is 0 Å². The molecule has 0 atom stereocenters. The summed E-state index contributed by atoms with van der Waals surface area (Å²) >= 11 is 0. The molecule has 0 aliphatic heterocycles. The third-order valence-corrected chi connectivity index (χ3v) is 4.58. The first-order valence-electron chi connectivity index (χ1n) is 4.53. The van der Waals surface area contributed by atoms with Crippen molar-refractivity contribution in [1.82, 2.24) is 0 Å². The minimum atomic E-state index is -0.0208. The van der Waals surface area contributed by atoms with E-state index in [1.54, 1.807) is 0 Å². The first kappa shape index (κ1) is 10.1. The normalized spacial score (nSPS) is 9.50.